The van der Waals surface area contributed by atoms with Gasteiger partial charge in [-0.3, -0.25) is 4.79 Å². The monoisotopic (exact) mass is 575 g/mol. The van der Waals surface area contributed by atoms with E-state index in [-0.39, 0.29) is 30.2 Å². The van der Waals surface area contributed by atoms with Gasteiger partial charge in [0, 0.05) is 57.8 Å². The number of urea groups is 1. The van der Waals surface area contributed by atoms with Crippen molar-refractivity contribution in [2.75, 3.05) is 40.3 Å². The normalized spacial score (nSPS) is 19.2. The third-order valence-corrected chi connectivity index (χ3v) is 7.86. The molecule has 3 amide bonds. The minimum absolute atomic E-state index is 0. The zero-order valence-electron chi connectivity index (χ0n) is 22.7. The van der Waals surface area contributed by atoms with E-state index in [9.17, 15) is 22.8 Å². The molecule has 1 saturated heterocycles. The van der Waals surface area contributed by atoms with Crippen LogP contribution in [0.1, 0.15) is 43.4 Å². The van der Waals surface area contributed by atoms with Gasteiger partial charge in [0.05, 0.1) is 11.6 Å². The number of allylic oxidation sites excluding steroid dienone is 1. The lowest BCUT2D eigenvalue weighted by Crippen LogP contribution is -2.48. The van der Waals surface area contributed by atoms with Crippen LogP contribution in [0.2, 0.25) is 0 Å². The Kier molecular flexibility index (Phi) is 9.87. The van der Waals surface area contributed by atoms with Crippen molar-refractivity contribution < 1.29 is 22.8 Å². The van der Waals surface area contributed by atoms with Crippen LogP contribution in [0.3, 0.4) is 0 Å². The van der Waals surface area contributed by atoms with Gasteiger partial charge in [-0.1, -0.05) is 6.07 Å². The van der Waals surface area contributed by atoms with Gasteiger partial charge in [0.2, 0.25) is 0 Å². The van der Waals surface area contributed by atoms with Crippen molar-refractivity contribution in [2.24, 2.45) is 0 Å². The summed E-state index contributed by atoms with van der Waals surface area (Å²) in [6, 6.07) is 8.33. The van der Waals surface area contributed by atoms with Gasteiger partial charge in [0.15, 0.2) is 11.6 Å². The number of piperidine rings is 1. The summed E-state index contributed by atoms with van der Waals surface area (Å²) in [7, 11) is 3.09. The van der Waals surface area contributed by atoms with Gasteiger partial charge < -0.3 is 24.9 Å². The fraction of sp³-hybridized carbons (Fsp3) is 0.414. The number of amides is 3. The molecule has 1 atom stereocenters. The van der Waals surface area contributed by atoms with Crippen molar-refractivity contribution in [3.05, 3.63) is 93.7 Å². The molecule has 2 heterocycles. The molecule has 2 aromatic carbocycles. The van der Waals surface area contributed by atoms with E-state index in [4.69, 9.17) is 6.57 Å². The molecule has 0 aliphatic carbocycles. The topological polar surface area (TPSA) is 60.3 Å². The summed E-state index contributed by atoms with van der Waals surface area (Å²) in [4.78, 5) is 34.9. The van der Waals surface area contributed by atoms with Crippen LogP contribution in [0.5, 0.6) is 0 Å². The van der Waals surface area contributed by atoms with Crippen LogP contribution in [0.25, 0.3) is 4.85 Å². The molecule has 1 fully saturated rings. The molecule has 0 radical (unpaired) electrons. The van der Waals surface area contributed by atoms with Crippen molar-refractivity contribution in [1.29, 1.82) is 0 Å². The molecule has 1 N–H and O–H groups in total. The molecular formula is C29H33ClF3N5O2. The van der Waals surface area contributed by atoms with E-state index in [1.54, 1.807) is 26.1 Å². The summed E-state index contributed by atoms with van der Waals surface area (Å²) in [5, 5.41) is 2.92. The average molecular weight is 576 g/mol. The van der Waals surface area contributed by atoms with E-state index in [1.807, 2.05) is 0 Å². The number of likely N-dealkylation sites (N-methyl/N-ethyl adjacent to an activating group) is 1. The van der Waals surface area contributed by atoms with Crippen molar-refractivity contribution >= 4 is 24.3 Å². The van der Waals surface area contributed by atoms with Crippen LogP contribution in [0.4, 0.5) is 18.0 Å². The van der Waals surface area contributed by atoms with E-state index in [1.165, 1.54) is 35.0 Å². The molecule has 2 aliphatic rings. The lowest BCUT2D eigenvalue weighted by atomic mass is 9.81. The predicted octanol–water partition coefficient (Wildman–Crippen LogP) is 5.25. The highest BCUT2D eigenvalue weighted by Gasteiger charge is 2.42. The number of nitrogens with one attached hydrogen (secondary N) is 1. The van der Waals surface area contributed by atoms with E-state index in [2.05, 4.69) is 15.1 Å². The summed E-state index contributed by atoms with van der Waals surface area (Å²) < 4.78 is 40.9. The molecule has 0 bridgehead atoms. The first-order chi connectivity index (χ1) is 18.6. The summed E-state index contributed by atoms with van der Waals surface area (Å²) in [6.07, 6.45) is 1.95. The zero-order chi connectivity index (χ0) is 28.3. The van der Waals surface area contributed by atoms with E-state index in [0.29, 0.717) is 55.7 Å². The number of benzene rings is 2. The van der Waals surface area contributed by atoms with E-state index >= 15 is 0 Å². The smallest absolute Gasteiger partial charge is 0.324 e. The van der Waals surface area contributed by atoms with Crippen molar-refractivity contribution in [3.63, 3.8) is 0 Å². The standard InChI is InChI=1S/C29H32F3N5O2.ClH/c1-19-25(26(36(4)28(39)35(19)3)20-6-11-23(31)24(32)18-20)27(38)34-14-5-15-37-16-12-29(33-2,13-17-37)21-7-9-22(30)10-8-21;/h6-11,18,26H,5,12-17H2,1,3-4H3,(H,34,38);1H. The number of hydrogen-bond acceptors (Lipinski definition) is 3. The van der Waals surface area contributed by atoms with Gasteiger partial charge in [-0.25, -0.2) is 24.5 Å². The maximum atomic E-state index is 14.0. The van der Waals surface area contributed by atoms with Crippen LogP contribution in [0.15, 0.2) is 53.7 Å². The number of carbonyl (C=O) groups is 2. The Labute approximate surface area is 238 Å². The summed E-state index contributed by atoms with van der Waals surface area (Å²) in [6.45, 7) is 12.0. The fourth-order valence-corrected chi connectivity index (χ4v) is 5.40. The molecule has 40 heavy (non-hydrogen) atoms. The SMILES string of the molecule is Cl.[C-]#[N+]C1(c2ccc(F)cc2)CCN(CCCNC(=O)C2=C(C)N(C)C(=O)N(C)C2c2ccc(F)c(F)c2)CC1. The van der Waals surface area contributed by atoms with Crippen molar-refractivity contribution in [2.45, 2.75) is 37.8 Å². The van der Waals surface area contributed by atoms with E-state index in [0.717, 1.165) is 24.2 Å². The van der Waals surface area contributed by atoms with Crippen LogP contribution in [-0.2, 0) is 10.3 Å². The van der Waals surface area contributed by atoms with Gasteiger partial charge in [0.25, 0.3) is 11.4 Å². The molecule has 2 aromatic rings. The molecular weight excluding hydrogens is 543 g/mol. The number of rotatable bonds is 7. The highest BCUT2D eigenvalue weighted by molar-refractivity contribution is 5.98. The van der Waals surface area contributed by atoms with Crippen LogP contribution < -0.4 is 5.32 Å². The number of halogens is 4. The third kappa shape index (κ3) is 6.11. The lowest BCUT2D eigenvalue weighted by molar-refractivity contribution is -0.118. The Morgan fingerprint density at radius 1 is 1.07 bits per heavy atom. The molecule has 2 aliphatic heterocycles. The number of nitrogens with zero attached hydrogens (tertiary/aromatic N) is 4. The Morgan fingerprint density at radius 3 is 2.33 bits per heavy atom. The lowest BCUT2D eigenvalue weighted by Gasteiger charge is -2.40. The zero-order valence-corrected chi connectivity index (χ0v) is 23.5. The largest absolute Gasteiger partial charge is 0.352 e. The highest BCUT2D eigenvalue weighted by atomic mass is 35.5. The Morgan fingerprint density at radius 2 is 1.73 bits per heavy atom. The highest BCUT2D eigenvalue weighted by Crippen LogP contribution is 2.38. The molecule has 214 valence electrons. The van der Waals surface area contributed by atoms with Crippen LogP contribution in [0, 0.1) is 24.0 Å². The molecule has 1 unspecified atom stereocenters. The van der Waals surface area contributed by atoms with Crippen molar-refractivity contribution in [1.82, 2.24) is 20.0 Å². The molecule has 11 heteroatoms. The first-order valence-corrected chi connectivity index (χ1v) is 12.9. The molecule has 0 saturated carbocycles. The first-order valence-electron chi connectivity index (χ1n) is 12.9. The second kappa shape index (κ2) is 12.7. The van der Waals surface area contributed by atoms with Crippen LogP contribution in [-0.4, -0.2) is 66.9 Å². The quantitative estimate of drug-likeness (QED) is 0.362. The van der Waals surface area contributed by atoms with E-state index < -0.39 is 23.2 Å². The molecule has 0 spiro atoms. The molecule has 4 rings (SSSR count). The predicted molar refractivity (Wildman–Crippen MR) is 148 cm³/mol. The molecule has 7 nitrogen and oxygen atoms in total. The maximum Gasteiger partial charge on any atom is 0.324 e. The van der Waals surface area contributed by atoms with Gasteiger partial charge in [0.1, 0.15) is 5.82 Å². The Hall–Kier alpha value is -3.55. The van der Waals surface area contributed by atoms with Gasteiger partial charge in [-0.05, 0) is 61.9 Å². The third-order valence-electron chi connectivity index (χ3n) is 7.86. The molecule has 0 aromatic heterocycles. The van der Waals surface area contributed by atoms with Crippen LogP contribution >= 0.6 is 12.4 Å². The number of likely N-dealkylation sites (tertiary alicyclic amines) is 1. The summed E-state index contributed by atoms with van der Waals surface area (Å²) in [5.74, 6) is -2.75. The first kappa shape index (κ1) is 31.0. The number of carbonyl (C=O) groups excluding carboxylic acids is 2. The Balaban J connectivity index is 0.00000441. The van der Waals surface area contributed by atoms with Gasteiger partial charge in [-0.15, -0.1) is 12.4 Å². The second-order valence-corrected chi connectivity index (χ2v) is 10.1. The maximum absolute atomic E-state index is 14.0. The number of hydrogen-bond donors (Lipinski definition) is 1. The Bertz CT molecular complexity index is 1320. The van der Waals surface area contributed by atoms with Gasteiger partial charge in [-0.2, -0.15) is 0 Å². The minimum Gasteiger partial charge on any atom is -0.352 e. The average Bonchev–Trinajstić information content (AvgIpc) is 2.94. The second-order valence-electron chi connectivity index (χ2n) is 10.1. The summed E-state index contributed by atoms with van der Waals surface area (Å²) >= 11 is 0. The fourth-order valence-electron chi connectivity index (χ4n) is 5.40. The van der Waals surface area contributed by atoms with Gasteiger partial charge >= 0.3 is 6.03 Å². The van der Waals surface area contributed by atoms with Crippen molar-refractivity contribution in [3.8, 4) is 0 Å². The summed E-state index contributed by atoms with van der Waals surface area (Å²) in [5.41, 5.74) is 1.24. The minimum atomic E-state index is -1.05.